The number of ether oxygens (including phenoxy) is 2. The molecule has 1 saturated heterocycles. The minimum Gasteiger partial charge on any atom is -0.497 e. The van der Waals surface area contributed by atoms with E-state index < -0.39 is 11.7 Å². The van der Waals surface area contributed by atoms with Gasteiger partial charge >= 0.3 is 6.09 Å². The molecule has 2 rings (SSSR count). The number of rotatable bonds is 3. The summed E-state index contributed by atoms with van der Waals surface area (Å²) >= 11 is 0. The van der Waals surface area contributed by atoms with Crippen molar-refractivity contribution in [3.05, 3.63) is 23.8 Å². The van der Waals surface area contributed by atoms with Crippen LogP contribution >= 0.6 is 0 Å². The fraction of sp³-hybridized carbons (Fsp3) is 0.588. The summed E-state index contributed by atoms with van der Waals surface area (Å²) in [5.41, 5.74) is 1.41. The van der Waals surface area contributed by atoms with Crippen LogP contribution in [0.15, 0.2) is 18.2 Å². The first kappa shape index (κ1) is 16.6. The van der Waals surface area contributed by atoms with Gasteiger partial charge < -0.3 is 14.8 Å². The largest absolute Gasteiger partial charge is 0.497 e. The van der Waals surface area contributed by atoms with Crippen LogP contribution in [-0.2, 0) is 4.74 Å². The van der Waals surface area contributed by atoms with Gasteiger partial charge in [0.1, 0.15) is 11.4 Å². The van der Waals surface area contributed by atoms with E-state index >= 15 is 0 Å². The number of carbonyl (C=O) groups excluding carboxylic acids is 1. The van der Waals surface area contributed by atoms with Crippen molar-refractivity contribution in [1.82, 2.24) is 5.32 Å². The van der Waals surface area contributed by atoms with E-state index in [1.54, 1.807) is 7.11 Å². The Hall–Kier alpha value is -1.75. The lowest BCUT2D eigenvalue weighted by Crippen LogP contribution is -2.29. The maximum Gasteiger partial charge on any atom is 0.412 e. The number of piperidine rings is 1. The molecule has 1 fully saturated rings. The lowest BCUT2D eigenvalue weighted by molar-refractivity contribution is 0.0635. The summed E-state index contributed by atoms with van der Waals surface area (Å²) in [6.45, 7) is 7.56. The summed E-state index contributed by atoms with van der Waals surface area (Å²) in [7, 11) is 1.62. The first-order valence-corrected chi connectivity index (χ1v) is 7.78. The summed E-state index contributed by atoms with van der Waals surface area (Å²) in [4.78, 5) is 12.1. The monoisotopic (exact) mass is 306 g/mol. The number of hydrogen-bond donors (Lipinski definition) is 2. The minimum atomic E-state index is -0.516. The normalized spacial score (nSPS) is 16.2. The van der Waals surface area contributed by atoms with E-state index in [2.05, 4.69) is 10.6 Å². The first-order chi connectivity index (χ1) is 10.4. The van der Waals surface area contributed by atoms with Crippen molar-refractivity contribution in [3.63, 3.8) is 0 Å². The second kappa shape index (κ2) is 7.01. The Morgan fingerprint density at radius 3 is 2.55 bits per heavy atom. The molecule has 1 heterocycles. The molecule has 0 aromatic heterocycles. The van der Waals surface area contributed by atoms with E-state index in [9.17, 15) is 4.79 Å². The molecular weight excluding hydrogens is 280 g/mol. The van der Waals surface area contributed by atoms with Crippen molar-refractivity contribution in [3.8, 4) is 5.75 Å². The maximum absolute atomic E-state index is 12.1. The van der Waals surface area contributed by atoms with Crippen molar-refractivity contribution in [2.45, 2.75) is 45.1 Å². The summed E-state index contributed by atoms with van der Waals surface area (Å²) in [5.74, 6) is 1.17. The van der Waals surface area contributed by atoms with Crippen molar-refractivity contribution >= 4 is 11.8 Å². The first-order valence-electron chi connectivity index (χ1n) is 7.78. The van der Waals surface area contributed by atoms with Gasteiger partial charge in [0.15, 0.2) is 0 Å². The SMILES string of the molecule is COc1ccc(C2CCNCC2)c(NC(=O)OC(C)(C)C)c1. The van der Waals surface area contributed by atoms with Crippen LogP contribution in [0.3, 0.4) is 0 Å². The lowest BCUT2D eigenvalue weighted by atomic mass is 9.89. The summed E-state index contributed by atoms with van der Waals surface area (Å²) < 4.78 is 10.6. The number of amides is 1. The van der Waals surface area contributed by atoms with E-state index in [4.69, 9.17) is 9.47 Å². The van der Waals surface area contributed by atoms with Crippen LogP contribution in [0, 0.1) is 0 Å². The van der Waals surface area contributed by atoms with Crippen molar-refractivity contribution in [2.24, 2.45) is 0 Å². The molecule has 0 bridgehead atoms. The number of anilines is 1. The molecular formula is C17H26N2O3. The van der Waals surface area contributed by atoms with Gasteiger partial charge in [0, 0.05) is 6.07 Å². The molecule has 122 valence electrons. The molecule has 1 aliphatic rings. The van der Waals surface area contributed by atoms with Gasteiger partial charge in [-0.05, 0) is 64.3 Å². The number of hydrogen-bond acceptors (Lipinski definition) is 4. The molecule has 1 aromatic carbocycles. The molecule has 0 atom stereocenters. The Morgan fingerprint density at radius 2 is 1.95 bits per heavy atom. The van der Waals surface area contributed by atoms with Gasteiger partial charge in [0.05, 0.1) is 12.8 Å². The molecule has 0 spiro atoms. The standard InChI is InChI=1S/C17H26N2O3/c1-17(2,3)22-16(20)19-15-11-13(21-4)5-6-14(15)12-7-9-18-10-8-12/h5-6,11-12,18H,7-10H2,1-4H3,(H,19,20). The van der Waals surface area contributed by atoms with Crippen LogP contribution in [-0.4, -0.2) is 31.9 Å². The number of benzene rings is 1. The van der Waals surface area contributed by atoms with Gasteiger partial charge in [-0.2, -0.15) is 0 Å². The Kier molecular flexibility index (Phi) is 5.29. The minimum absolute atomic E-state index is 0.434. The zero-order valence-corrected chi connectivity index (χ0v) is 13.9. The van der Waals surface area contributed by atoms with Gasteiger partial charge in [-0.3, -0.25) is 5.32 Å². The Bertz CT molecular complexity index is 517. The maximum atomic E-state index is 12.1. The van der Waals surface area contributed by atoms with Crippen LogP contribution in [0.25, 0.3) is 0 Å². The van der Waals surface area contributed by atoms with Gasteiger partial charge in [-0.1, -0.05) is 6.07 Å². The molecule has 1 aromatic rings. The van der Waals surface area contributed by atoms with Crippen LogP contribution in [0.4, 0.5) is 10.5 Å². The van der Waals surface area contributed by atoms with Crippen molar-refractivity contribution in [1.29, 1.82) is 0 Å². The van der Waals surface area contributed by atoms with Gasteiger partial charge in [-0.15, -0.1) is 0 Å². The Morgan fingerprint density at radius 1 is 1.27 bits per heavy atom. The van der Waals surface area contributed by atoms with Crippen LogP contribution < -0.4 is 15.4 Å². The Labute approximate surface area is 132 Å². The fourth-order valence-electron chi connectivity index (χ4n) is 2.67. The van der Waals surface area contributed by atoms with Crippen LogP contribution in [0.2, 0.25) is 0 Å². The highest BCUT2D eigenvalue weighted by Gasteiger charge is 2.22. The van der Waals surface area contributed by atoms with Crippen LogP contribution in [0.1, 0.15) is 45.1 Å². The molecule has 5 nitrogen and oxygen atoms in total. The lowest BCUT2D eigenvalue weighted by Gasteiger charge is -2.26. The van der Waals surface area contributed by atoms with Gasteiger partial charge in [0.25, 0.3) is 0 Å². The molecule has 0 aliphatic carbocycles. The third kappa shape index (κ3) is 4.63. The van der Waals surface area contributed by atoms with Crippen molar-refractivity contribution < 1.29 is 14.3 Å². The molecule has 5 heteroatoms. The molecule has 1 aliphatic heterocycles. The predicted octanol–water partition coefficient (Wildman–Crippen LogP) is 3.51. The smallest absolute Gasteiger partial charge is 0.412 e. The van der Waals surface area contributed by atoms with Gasteiger partial charge in [-0.25, -0.2) is 4.79 Å². The third-order valence-corrected chi connectivity index (χ3v) is 3.68. The highest BCUT2D eigenvalue weighted by molar-refractivity contribution is 5.86. The average Bonchev–Trinajstić information content (AvgIpc) is 2.46. The third-order valence-electron chi connectivity index (χ3n) is 3.68. The number of nitrogens with one attached hydrogen (secondary N) is 2. The number of methoxy groups -OCH3 is 1. The van der Waals surface area contributed by atoms with E-state index in [0.717, 1.165) is 42.9 Å². The summed E-state index contributed by atoms with van der Waals surface area (Å²) in [5, 5.41) is 6.24. The summed E-state index contributed by atoms with van der Waals surface area (Å²) in [6.07, 6.45) is 1.70. The van der Waals surface area contributed by atoms with Crippen LogP contribution in [0.5, 0.6) is 5.75 Å². The summed E-state index contributed by atoms with van der Waals surface area (Å²) in [6, 6.07) is 5.85. The van der Waals surface area contributed by atoms with E-state index in [0.29, 0.717) is 5.92 Å². The van der Waals surface area contributed by atoms with Gasteiger partial charge in [0.2, 0.25) is 0 Å². The van der Waals surface area contributed by atoms with E-state index in [1.165, 1.54) is 0 Å². The predicted molar refractivity (Wildman–Crippen MR) is 87.7 cm³/mol. The van der Waals surface area contributed by atoms with Crippen molar-refractivity contribution in [2.75, 3.05) is 25.5 Å². The second-order valence-electron chi connectivity index (χ2n) is 6.60. The molecule has 1 amide bonds. The highest BCUT2D eigenvalue weighted by atomic mass is 16.6. The second-order valence-corrected chi connectivity index (χ2v) is 6.60. The fourth-order valence-corrected chi connectivity index (χ4v) is 2.67. The topological polar surface area (TPSA) is 59.6 Å². The zero-order chi connectivity index (χ0) is 16.2. The molecule has 2 N–H and O–H groups in total. The number of carbonyl (C=O) groups is 1. The average molecular weight is 306 g/mol. The zero-order valence-electron chi connectivity index (χ0n) is 13.9. The molecule has 0 saturated carbocycles. The highest BCUT2D eigenvalue weighted by Crippen LogP contribution is 2.34. The molecule has 0 unspecified atom stereocenters. The molecule has 22 heavy (non-hydrogen) atoms. The Balaban J connectivity index is 2.20. The molecule has 0 radical (unpaired) electrons. The van der Waals surface area contributed by atoms with E-state index in [-0.39, 0.29) is 0 Å². The quantitative estimate of drug-likeness (QED) is 0.897. The van der Waals surface area contributed by atoms with E-state index in [1.807, 2.05) is 39.0 Å².